The first-order chi connectivity index (χ1) is 9.06. The molecule has 0 bridgehead atoms. The number of carbonyl (C=O) groups excluding carboxylic acids is 2. The van der Waals surface area contributed by atoms with Crippen LogP contribution in [0.25, 0.3) is 0 Å². The Labute approximate surface area is 114 Å². The summed E-state index contributed by atoms with van der Waals surface area (Å²) in [5, 5.41) is 14.0. The van der Waals surface area contributed by atoms with Crippen molar-refractivity contribution in [3.63, 3.8) is 0 Å². The highest BCUT2D eigenvalue weighted by Gasteiger charge is 2.17. The number of rotatable bonds is 5. The first kappa shape index (κ1) is 14.0. The first-order valence-electron chi connectivity index (χ1n) is 6.12. The molecule has 0 aliphatic carbocycles. The Balaban J connectivity index is 1.84. The number of amides is 1. The Bertz CT molecular complexity index is 480. The Morgan fingerprint density at radius 3 is 2.95 bits per heavy atom. The fourth-order valence-electron chi connectivity index (χ4n) is 1.95. The molecule has 0 saturated carbocycles. The summed E-state index contributed by atoms with van der Waals surface area (Å²) in [6.45, 7) is 2.84. The van der Waals surface area contributed by atoms with E-state index in [0.717, 1.165) is 30.8 Å². The summed E-state index contributed by atoms with van der Waals surface area (Å²) in [7, 11) is 0. The summed E-state index contributed by atoms with van der Waals surface area (Å²) in [4.78, 5) is 26.6. The second-order valence-electron chi connectivity index (χ2n) is 4.43. The van der Waals surface area contributed by atoms with Gasteiger partial charge in [-0.05, 0) is 19.8 Å². The highest BCUT2D eigenvalue weighted by molar-refractivity contribution is 7.13. The second-order valence-corrected chi connectivity index (χ2v) is 5.51. The zero-order valence-electron chi connectivity index (χ0n) is 10.6. The van der Waals surface area contributed by atoms with Crippen LogP contribution in [0.4, 0.5) is 0 Å². The van der Waals surface area contributed by atoms with Gasteiger partial charge in [0.15, 0.2) is 0 Å². The van der Waals surface area contributed by atoms with Crippen LogP contribution < -0.4 is 10.4 Å². The Morgan fingerprint density at radius 2 is 2.37 bits per heavy atom. The van der Waals surface area contributed by atoms with Crippen molar-refractivity contribution in [3.8, 4) is 0 Å². The molecule has 1 aromatic heterocycles. The van der Waals surface area contributed by atoms with E-state index in [-0.39, 0.29) is 23.3 Å². The van der Waals surface area contributed by atoms with Gasteiger partial charge in [0.1, 0.15) is 5.01 Å². The molecule has 2 heterocycles. The van der Waals surface area contributed by atoms with E-state index in [1.807, 2.05) is 0 Å². The lowest BCUT2D eigenvalue weighted by molar-refractivity contribution is -0.254. The maximum atomic E-state index is 11.7. The van der Waals surface area contributed by atoms with Gasteiger partial charge in [0.2, 0.25) is 5.91 Å². The molecule has 1 aliphatic rings. The molecule has 0 aromatic carbocycles. The molecule has 6 nitrogen and oxygen atoms in total. The molecule has 19 heavy (non-hydrogen) atoms. The number of ether oxygens (including phenoxy) is 1. The SMILES string of the molecule is Cc1nc(CC(=O)NC[C@H]2CCCO2)sc1C(=O)[O-]. The van der Waals surface area contributed by atoms with Gasteiger partial charge >= 0.3 is 0 Å². The van der Waals surface area contributed by atoms with Crippen LogP contribution in [0, 0.1) is 6.92 Å². The molecule has 104 valence electrons. The normalized spacial score (nSPS) is 18.5. The lowest BCUT2D eigenvalue weighted by Crippen LogP contribution is -2.32. The van der Waals surface area contributed by atoms with Gasteiger partial charge in [0.05, 0.1) is 29.1 Å². The molecule has 1 aromatic rings. The van der Waals surface area contributed by atoms with Gasteiger partial charge < -0.3 is 20.0 Å². The van der Waals surface area contributed by atoms with Crippen LogP contribution in [0.15, 0.2) is 0 Å². The van der Waals surface area contributed by atoms with E-state index in [9.17, 15) is 14.7 Å². The van der Waals surface area contributed by atoms with Gasteiger partial charge in [-0.15, -0.1) is 11.3 Å². The molecule has 1 amide bonds. The predicted octanol–water partition coefficient (Wildman–Crippen LogP) is -0.347. The van der Waals surface area contributed by atoms with Crippen molar-refractivity contribution in [1.82, 2.24) is 10.3 Å². The molecule has 1 aliphatic heterocycles. The summed E-state index contributed by atoms with van der Waals surface area (Å²) in [5.74, 6) is -1.42. The zero-order valence-corrected chi connectivity index (χ0v) is 11.4. The summed E-state index contributed by atoms with van der Waals surface area (Å²) in [6.07, 6.45) is 2.18. The molecule has 2 rings (SSSR count). The van der Waals surface area contributed by atoms with Crippen LogP contribution in [0.3, 0.4) is 0 Å². The maximum Gasteiger partial charge on any atom is 0.226 e. The van der Waals surface area contributed by atoms with Crippen LogP contribution >= 0.6 is 11.3 Å². The van der Waals surface area contributed by atoms with Gasteiger partial charge in [0, 0.05) is 13.2 Å². The third-order valence-corrected chi connectivity index (χ3v) is 4.03. The molecule has 1 saturated heterocycles. The highest BCUT2D eigenvalue weighted by atomic mass is 32.1. The van der Waals surface area contributed by atoms with Gasteiger partial charge in [-0.2, -0.15) is 0 Å². The maximum absolute atomic E-state index is 11.7. The van der Waals surface area contributed by atoms with Crippen molar-refractivity contribution in [1.29, 1.82) is 0 Å². The molecule has 7 heteroatoms. The van der Waals surface area contributed by atoms with Crippen molar-refractivity contribution < 1.29 is 19.4 Å². The molecule has 0 spiro atoms. The lowest BCUT2D eigenvalue weighted by atomic mass is 10.2. The van der Waals surface area contributed by atoms with E-state index in [1.165, 1.54) is 0 Å². The predicted molar refractivity (Wildman–Crippen MR) is 66.9 cm³/mol. The van der Waals surface area contributed by atoms with Crippen LogP contribution in [-0.2, 0) is 16.0 Å². The molecular formula is C12H15N2O4S-. The minimum atomic E-state index is -1.25. The number of thiazole rings is 1. The Kier molecular flexibility index (Phi) is 4.49. The third-order valence-electron chi connectivity index (χ3n) is 2.89. The van der Waals surface area contributed by atoms with Gasteiger partial charge in [-0.1, -0.05) is 0 Å². The average molecular weight is 283 g/mol. The topological polar surface area (TPSA) is 91.3 Å². The van der Waals surface area contributed by atoms with Crippen LogP contribution in [0.2, 0.25) is 0 Å². The summed E-state index contributed by atoms with van der Waals surface area (Å²) in [5.41, 5.74) is 0.395. The van der Waals surface area contributed by atoms with E-state index in [0.29, 0.717) is 17.2 Å². The second kappa shape index (κ2) is 6.12. The molecule has 0 unspecified atom stereocenters. The van der Waals surface area contributed by atoms with Crippen molar-refractivity contribution >= 4 is 23.2 Å². The lowest BCUT2D eigenvalue weighted by Gasteiger charge is -2.09. The zero-order chi connectivity index (χ0) is 13.8. The van der Waals surface area contributed by atoms with E-state index >= 15 is 0 Å². The third kappa shape index (κ3) is 3.74. The largest absolute Gasteiger partial charge is 0.544 e. The first-order valence-corrected chi connectivity index (χ1v) is 6.94. The number of nitrogens with zero attached hydrogens (tertiary/aromatic N) is 1. The molecule has 0 radical (unpaired) electrons. The summed E-state index contributed by atoms with van der Waals surface area (Å²) >= 11 is 0.989. The van der Waals surface area contributed by atoms with E-state index < -0.39 is 5.97 Å². The Morgan fingerprint density at radius 1 is 1.58 bits per heavy atom. The number of carboxylic acid groups (broad SMARTS) is 1. The fourth-order valence-corrected chi connectivity index (χ4v) is 2.85. The smallest absolute Gasteiger partial charge is 0.226 e. The summed E-state index contributed by atoms with van der Waals surface area (Å²) in [6, 6.07) is 0. The average Bonchev–Trinajstić information content (AvgIpc) is 2.96. The van der Waals surface area contributed by atoms with Gasteiger partial charge in [-0.3, -0.25) is 4.79 Å². The van der Waals surface area contributed by atoms with E-state index in [2.05, 4.69) is 10.3 Å². The number of carbonyl (C=O) groups is 2. The number of hydrogen-bond acceptors (Lipinski definition) is 6. The highest BCUT2D eigenvalue weighted by Crippen LogP contribution is 2.17. The molecule has 1 atom stereocenters. The fraction of sp³-hybridized carbons (Fsp3) is 0.583. The minimum absolute atomic E-state index is 0.0851. The monoisotopic (exact) mass is 283 g/mol. The van der Waals surface area contributed by atoms with Gasteiger partial charge in [0.25, 0.3) is 0 Å². The minimum Gasteiger partial charge on any atom is -0.544 e. The number of aromatic nitrogens is 1. The van der Waals surface area contributed by atoms with E-state index in [4.69, 9.17) is 4.74 Å². The quantitative estimate of drug-likeness (QED) is 0.797. The Hall–Kier alpha value is -1.47. The number of carboxylic acids is 1. The van der Waals surface area contributed by atoms with Crippen molar-refractivity contribution in [2.75, 3.05) is 13.2 Å². The number of aryl methyl sites for hydroxylation is 1. The standard InChI is InChI=1S/C12H16N2O4S/c1-7-11(12(16)17)19-10(14-7)5-9(15)13-6-8-3-2-4-18-8/h8H,2-6H2,1H3,(H,13,15)(H,16,17)/p-1/t8-/m1/s1. The van der Waals surface area contributed by atoms with E-state index in [1.54, 1.807) is 6.92 Å². The van der Waals surface area contributed by atoms with Crippen LogP contribution in [-0.4, -0.2) is 36.1 Å². The molecular weight excluding hydrogens is 268 g/mol. The molecule has 1 fully saturated rings. The summed E-state index contributed by atoms with van der Waals surface area (Å²) < 4.78 is 5.39. The number of hydrogen-bond donors (Lipinski definition) is 1. The number of nitrogens with one attached hydrogen (secondary N) is 1. The molecule has 1 N–H and O–H groups in total. The van der Waals surface area contributed by atoms with Crippen LogP contribution in [0.5, 0.6) is 0 Å². The van der Waals surface area contributed by atoms with Crippen LogP contribution in [0.1, 0.15) is 33.2 Å². The van der Waals surface area contributed by atoms with Crippen molar-refractivity contribution in [2.24, 2.45) is 0 Å². The van der Waals surface area contributed by atoms with Crippen molar-refractivity contribution in [3.05, 3.63) is 15.6 Å². The number of aromatic carboxylic acids is 1. The van der Waals surface area contributed by atoms with Crippen molar-refractivity contribution in [2.45, 2.75) is 32.3 Å². The van der Waals surface area contributed by atoms with Gasteiger partial charge in [-0.25, -0.2) is 4.98 Å².